The largest absolute Gasteiger partial charge is 0.481 e. The monoisotopic (exact) mass is 540 g/mol. The Labute approximate surface area is 233 Å². The van der Waals surface area contributed by atoms with Gasteiger partial charge in [0, 0.05) is 17.9 Å². The van der Waals surface area contributed by atoms with Crippen molar-refractivity contribution in [1.29, 1.82) is 0 Å². The highest BCUT2D eigenvalue weighted by Crippen LogP contribution is 2.37. The van der Waals surface area contributed by atoms with E-state index in [-0.39, 0.29) is 18.2 Å². The second kappa shape index (κ2) is 12.4. The van der Waals surface area contributed by atoms with Gasteiger partial charge in [0.2, 0.25) is 0 Å². The maximum Gasteiger partial charge on any atom is 0.305 e. The first-order chi connectivity index (χ1) is 19.4. The van der Waals surface area contributed by atoms with E-state index in [4.69, 9.17) is 10.2 Å². The van der Waals surface area contributed by atoms with Gasteiger partial charge >= 0.3 is 5.97 Å². The normalized spacial score (nSPS) is 16.5. The maximum atomic E-state index is 13.7. The van der Waals surface area contributed by atoms with Crippen molar-refractivity contribution in [3.05, 3.63) is 113 Å². The molecular formula is C33H33FN2O4. The molecule has 1 aliphatic carbocycles. The van der Waals surface area contributed by atoms with Crippen LogP contribution in [0.15, 0.2) is 84.9 Å². The average Bonchev–Trinajstić information content (AvgIpc) is 3.32. The number of hydrogen-bond donors (Lipinski definition) is 3. The summed E-state index contributed by atoms with van der Waals surface area (Å²) in [5.74, 6) is -1.24. The van der Waals surface area contributed by atoms with Gasteiger partial charge in [-0.1, -0.05) is 60.7 Å². The molecule has 0 spiro atoms. The molecule has 0 bridgehead atoms. The Morgan fingerprint density at radius 1 is 1.00 bits per heavy atom. The second-order valence-corrected chi connectivity index (χ2v) is 10.4. The van der Waals surface area contributed by atoms with E-state index in [1.165, 1.54) is 28.8 Å². The molecule has 40 heavy (non-hydrogen) atoms. The third-order valence-electron chi connectivity index (χ3n) is 7.43. The Kier molecular flexibility index (Phi) is 8.53. The van der Waals surface area contributed by atoms with Gasteiger partial charge < -0.3 is 15.3 Å². The predicted octanol–water partition coefficient (Wildman–Crippen LogP) is 5.94. The number of aromatic nitrogens is 2. The van der Waals surface area contributed by atoms with Gasteiger partial charge in [-0.15, -0.1) is 0 Å². The number of aliphatic hydroxyl groups excluding tert-OH is 2. The molecule has 0 saturated carbocycles. The van der Waals surface area contributed by atoms with Crippen LogP contribution in [0.5, 0.6) is 0 Å². The minimum Gasteiger partial charge on any atom is -0.481 e. The predicted molar refractivity (Wildman–Crippen MR) is 153 cm³/mol. The molecule has 1 aromatic heterocycles. The van der Waals surface area contributed by atoms with Crippen LogP contribution in [0.4, 0.5) is 4.39 Å². The molecule has 3 atom stereocenters. The van der Waals surface area contributed by atoms with Crippen LogP contribution in [0, 0.1) is 5.82 Å². The van der Waals surface area contributed by atoms with Gasteiger partial charge in [0.25, 0.3) is 0 Å². The van der Waals surface area contributed by atoms with Gasteiger partial charge in [0.15, 0.2) is 0 Å². The van der Waals surface area contributed by atoms with Crippen molar-refractivity contribution in [2.24, 2.45) is 0 Å². The molecule has 7 heteroatoms. The number of rotatable bonds is 10. The van der Waals surface area contributed by atoms with Crippen LogP contribution in [0.3, 0.4) is 0 Å². The second-order valence-electron chi connectivity index (χ2n) is 10.4. The Morgan fingerprint density at radius 3 is 2.40 bits per heavy atom. The molecule has 0 amide bonds. The van der Waals surface area contributed by atoms with E-state index in [2.05, 4.69) is 36.4 Å². The average molecular weight is 541 g/mol. The number of aliphatic hydroxyl groups is 2. The highest BCUT2D eigenvalue weighted by Gasteiger charge is 2.28. The van der Waals surface area contributed by atoms with Crippen LogP contribution >= 0.6 is 0 Å². The zero-order valence-corrected chi connectivity index (χ0v) is 22.2. The summed E-state index contributed by atoms with van der Waals surface area (Å²) < 4.78 is 15.5. The minimum absolute atomic E-state index is 0.0860. The van der Waals surface area contributed by atoms with Crippen LogP contribution in [0.25, 0.3) is 22.9 Å². The van der Waals surface area contributed by atoms with E-state index in [1.54, 1.807) is 29.0 Å². The fourth-order valence-corrected chi connectivity index (χ4v) is 5.47. The molecule has 1 unspecified atom stereocenters. The van der Waals surface area contributed by atoms with Crippen molar-refractivity contribution in [3.63, 3.8) is 0 Å². The third-order valence-corrected chi connectivity index (χ3v) is 7.43. The van der Waals surface area contributed by atoms with Gasteiger partial charge in [-0.05, 0) is 72.7 Å². The van der Waals surface area contributed by atoms with Crippen LogP contribution in [-0.2, 0) is 17.6 Å². The quantitative estimate of drug-likeness (QED) is 0.231. The summed E-state index contributed by atoms with van der Waals surface area (Å²) in [6, 6.07) is 25.1. The molecule has 206 valence electrons. The first-order valence-electron chi connectivity index (χ1n) is 13.7. The molecule has 0 aliphatic heterocycles. The summed E-state index contributed by atoms with van der Waals surface area (Å²) in [5.41, 5.74) is 7.20. The molecule has 5 rings (SSSR count). The van der Waals surface area contributed by atoms with Gasteiger partial charge in [-0.3, -0.25) is 4.79 Å². The molecule has 6 nitrogen and oxygen atoms in total. The lowest BCUT2D eigenvalue weighted by Crippen LogP contribution is -2.19. The highest BCUT2D eigenvalue weighted by atomic mass is 19.1. The van der Waals surface area contributed by atoms with Gasteiger partial charge in [0.05, 0.1) is 35.7 Å². The molecule has 1 heterocycles. The SMILES string of the molecule is O=C(O)C[C@H](O)C[C@H](O)/C=C/c1c2c(nn1-c1ccc(F)cc1)C(Cc1ccc(-c3ccccc3)cc1)CCC2. The Hall–Kier alpha value is -4.07. The molecule has 1 aliphatic rings. The highest BCUT2D eigenvalue weighted by molar-refractivity contribution is 5.67. The lowest BCUT2D eigenvalue weighted by Gasteiger charge is -2.21. The van der Waals surface area contributed by atoms with Crippen molar-refractivity contribution in [2.75, 3.05) is 0 Å². The summed E-state index contributed by atoms with van der Waals surface area (Å²) in [5, 5.41) is 34.3. The number of hydrogen-bond acceptors (Lipinski definition) is 4. The summed E-state index contributed by atoms with van der Waals surface area (Å²) in [6.45, 7) is 0. The van der Waals surface area contributed by atoms with E-state index in [0.717, 1.165) is 42.6 Å². The van der Waals surface area contributed by atoms with Crippen molar-refractivity contribution in [3.8, 4) is 16.8 Å². The zero-order valence-electron chi connectivity index (χ0n) is 22.2. The lowest BCUT2D eigenvalue weighted by atomic mass is 9.82. The van der Waals surface area contributed by atoms with Crippen molar-refractivity contribution < 1.29 is 24.5 Å². The molecule has 0 radical (unpaired) electrons. The standard InChI is InChI=1S/C33H33FN2O4/c34-26-13-15-27(16-14-26)36-31(18-17-28(37)20-29(38)21-32(39)40)30-8-4-7-25(33(30)35-36)19-22-9-11-24(12-10-22)23-5-2-1-3-6-23/h1-3,5-6,9-18,25,28-29,37-38H,4,7-8,19-21H2,(H,39,40)/b18-17+/t25?,28-,29-/m1/s1. The van der Waals surface area contributed by atoms with Crippen molar-refractivity contribution in [2.45, 2.75) is 56.7 Å². The van der Waals surface area contributed by atoms with E-state index in [9.17, 15) is 19.4 Å². The fourth-order valence-electron chi connectivity index (χ4n) is 5.47. The minimum atomic E-state index is -1.15. The number of benzene rings is 3. The Bertz CT molecular complexity index is 1460. The number of halogens is 1. The first-order valence-corrected chi connectivity index (χ1v) is 13.7. The first kappa shape index (κ1) is 27.5. The number of nitrogens with zero attached hydrogens (tertiary/aromatic N) is 2. The zero-order chi connectivity index (χ0) is 28.1. The van der Waals surface area contributed by atoms with Crippen LogP contribution in [-0.4, -0.2) is 43.3 Å². The molecule has 4 aromatic rings. The van der Waals surface area contributed by atoms with Gasteiger partial charge in [-0.25, -0.2) is 9.07 Å². The molecule has 0 fully saturated rings. The summed E-state index contributed by atoms with van der Waals surface area (Å²) in [6.07, 6.45) is 4.33. The lowest BCUT2D eigenvalue weighted by molar-refractivity contribution is -0.139. The maximum absolute atomic E-state index is 13.7. The van der Waals surface area contributed by atoms with Crippen LogP contribution in [0.2, 0.25) is 0 Å². The van der Waals surface area contributed by atoms with E-state index < -0.39 is 24.6 Å². The fraction of sp³-hybridized carbons (Fsp3) is 0.273. The van der Waals surface area contributed by atoms with Crippen molar-refractivity contribution >= 4 is 12.0 Å². The number of carboxylic acids is 1. The van der Waals surface area contributed by atoms with Crippen LogP contribution < -0.4 is 0 Å². The third kappa shape index (κ3) is 6.55. The van der Waals surface area contributed by atoms with Gasteiger partial charge in [-0.2, -0.15) is 5.10 Å². The van der Waals surface area contributed by atoms with Crippen LogP contribution in [0.1, 0.15) is 54.1 Å². The molecule has 3 N–H and O–H groups in total. The summed E-state index contributed by atoms with van der Waals surface area (Å²) in [4.78, 5) is 10.9. The summed E-state index contributed by atoms with van der Waals surface area (Å²) in [7, 11) is 0. The Balaban J connectivity index is 1.42. The van der Waals surface area contributed by atoms with E-state index >= 15 is 0 Å². The van der Waals surface area contributed by atoms with Gasteiger partial charge in [0.1, 0.15) is 5.82 Å². The summed E-state index contributed by atoms with van der Waals surface area (Å²) >= 11 is 0. The topological polar surface area (TPSA) is 95.6 Å². The number of fused-ring (bicyclic) bond motifs is 1. The smallest absolute Gasteiger partial charge is 0.305 e. The van der Waals surface area contributed by atoms with Crippen molar-refractivity contribution in [1.82, 2.24) is 9.78 Å². The molecule has 3 aromatic carbocycles. The van der Waals surface area contributed by atoms with E-state index in [0.29, 0.717) is 5.69 Å². The number of aliphatic carboxylic acids is 1. The molecule has 0 saturated heterocycles. The molecular weight excluding hydrogens is 507 g/mol. The number of carboxylic acid groups (broad SMARTS) is 1. The van der Waals surface area contributed by atoms with E-state index in [1.807, 2.05) is 18.2 Å². The Morgan fingerprint density at radius 2 is 1.70 bits per heavy atom. The number of carbonyl (C=O) groups is 1.